The molecule has 142 valence electrons. The highest BCUT2D eigenvalue weighted by molar-refractivity contribution is 5.68. The lowest BCUT2D eigenvalue weighted by atomic mass is 10.1. The van der Waals surface area contributed by atoms with Crippen LogP contribution < -0.4 is 4.74 Å². The number of carbonyl (C=O) groups is 1. The standard InChI is InChI=1S/C19H28N4O3/c1-19(2,3)26-18(24)23-7-6-22-12-15(8-14(22)11-23)25-17-10-20-16(9-21-17)13-4-5-13/h9-10,13-15H,4-8,11-12H2,1-3H3. The van der Waals surface area contributed by atoms with Crippen molar-refractivity contribution in [2.45, 2.75) is 63.7 Å². The molecule has 1 aliphatic carbocycles. The molecule has 1 amide bonds. The van der Waals surface area contributed by atoms with Crippen molar-refractivity contribution in [2.24, 2.45) is 0 Å². The average Bonchev–Trinajstić information content (AvgIpc) is 3.34. The predicted octanol–water partition coefficient (Wildman–Crippen LogP) is 2.43. The Morgan fingerprint density at radius 3 is 2.62 bits per heavy atom. The van der Waals surface area contributed by atoms with E-state index in [-0.39, 0.29) is 12.2 Å². The number of hydrogen-bond acceptors (Lipinski definition) is 6. The Morgan fingerprint density at radius 1 is 1.15 bits per heavy atom. The van der Waals surface area contributed by atoms with Crippen LogP contribution in [0.3, 0.4) is 0 Å². The van der Waals surface area contributed by atoms with Gasteiger partial charge in [0.1, 0.15) is 11.7 Å². The molecule has 2 unspecified atom stereocenters. The van der Waals surface area contributed by atoms with E-state index in [9.17, 15) is 4.79 Å². The number of carbonyl (C=O) groups excluding carboxylic acids is 1. The fourth-order valence-corrected chi connectivity index (χ4v) is 3.72. The van der Waals surface area contributed by atoms with Gasteiger partial charge in [-0.15, -0.1) is 0 Å². The normalized spacial score (nSPS) is 26.5. The number of rotatable bonds is 3. The van der Waals surface area contributed by atoms with Crippen LogP contribution in [0.2, 0.25) is 0 Å². The van der Waals surface area contributed by atoms with Gasteiger partial charge < -0.3 is 14.4 Å². The number of nitrogens with zero attached hydrogens (tertiary/aromatic N) is 4. The first-order chi connectivity index (χ1) is 12.4. The summed E-state index contributed by atoms with van der Waals surface area (Å²) in [6.45, 7) is 8.83. The zero-order valence-electron chi connectivity index (χ0n) is 15.9. The molecular weight excluding hydrogens is 332 g/mol. The minimum Gasteiger partial charge on any atom is -0.472 e. The predicted molar refractivity (Wildman–Crippen MR) is 96.2 cm³/mol. The van der Waals surface area contributed by atoms with Crippen LogP contribution >= 0.6 is 0 Å². The lowest BCUT2D eigenvalue weighted by Gasteiger charge is -2.37. The largest absolute Gasteiger partial charge is 0.472 e. The highest BCUT2D eigenvalue weighted by atomic mass is 16.6. The molecule has 3 fully saturated rings. The van der Waals surface area contributed by atoms with Crippen LogP contribution in [0, 0.1) is 0 Å². The van der Waals surface area contributed by atoms with Gasteiger partial charge in [0.15, 0.2) is 0 Å². The quantitative estimate of drug-likeness (QED) is 0.825. The lowest BCUT2D eigenvalue weighted by Crippen LogP contribution is -2.53. The van der Waals surface area contributed by atoms with Gasteiger partial charge in [0.25, 0.3) is 0 Å². The topological polar surface area (TPSA) is 67.8 Å². The maximum atomic E-state index is 12.3. The van der Waals surface area contributed by atoms with Crippen molar-refractivity contribution in [3.63, 3.8) is 0 Å². The molecule has 7 nitrogen and oxygen atoms in total. The second kappa shape index (κ2) is 6.68. The van der Waals surface area contributed by atoms with Crippen molar-refractivity contribution in [1.29, 1.82) is 0 Å². The van der Waals surface area contributed by atoms with Gasteiger partial charge in [-0.2, -0.15) is 0 Å². The molecule has 2 atom stereocenters. The van der Waals surface area contributed by atoms with Gasteiger partial charge in [0, 0.05) is 44.6 Å². The van der Waals surface area contributed by atoms with Crippen LogP contribution in [0.5, 0.6) is 5.88 Å². The molecule has 7 heteroatoms. The molecule has 4 rings (SSSR count). The summed E-state index contributed by atoms with van der Waals surface area (Å²) < 4.78 is 11.6. The van der Waals surface area contributed by atoms with E-state index < -0.39 is 5.60 Å². The number of ether oxygens (including phenoxy) is 2. The third-order valence-corrected chi connectivity index (χ3v) is 5.16. The van der Waals surface area contributed by atoms with Gasteiger partial charge in [0.05, 0.1) is 18.1 Å². The molecule has 1 aromatic heterocycles. The number of aromatic nitrogens is 2. The lowest BCUT2D eigenvalue weighted by molar-refractivity contribution is 0.00921. The number of amides is 1. The van der Waals surface area contributed by atoms with Crippen LogP contribution in [0.4, 0.5) is 4.79 Å². The molecule has 1 saturated carbocycles. The molecule has 1 aromatic rings. The maximum Gasteiger partial charge on any atom is 0.410 e. The van der Waals surface area contributed by atoms with E-state index in [1.807, 2.05) is 31.9 Å². The third kappa shape index (κ3) is 4.09. The van der Waals surface area contributed by atoms with Crippen molar-refractivity contribution in [3.8, 4) is 5.88 Å². The van der Waals surface area contributed by atoms with Crippen LogP contribution in [0.15, 0.2) is 12.4 Å². The van der Waals surface area contributed by atoms with Crippen LogP contribution in [0.25, 0.3) is 0 Å². The fourth-order valence-electron chi connectivity index (χ4n) is 3.72. The summed E-state index contributed by atoms with van der Waals surface area (Å²) in [6, 6.07) is 0.319. The van der Waals surface area contributed by atoms with Gasteiger partial charge in [-0.1, -0.05) is 0 Å². The highest BCUT2D eigenvalue weighted by Crippen LogP contribution is 2.38. The number of fused-ring (bicyclic) bond motifs is 1. The van der Waals surface area contributed by atoms with E-state index in [2.05, 4.69) is 14.9 Å². The Morgan fingerprint density at radius 2 is 1.96 bits per heavy atom. The van der Waals surface area contributed by atoms with Crippen LogP contribution in [-0.4, -0.2) is 69.8 Å². The molecule has 3 aliphatic rings. The maximum absolute atomic E-state index is 12.3. The monoisotopic (exact) mass is 360 g/mol. The van der Waals surface area contributed by atoms with Gasteiger partial charge in [0.2, 0.25) is 5.88 Å². The Balaban J connectivity index is 1.30. The van der Waals surface area contributed by atoms with Gasteiger partial charge in [-0.25, -0.2) is 9.78 Å². The van der Waals surface area contributed by atoms with Crippen LogP contribution in [-0.2, 0) is 4.74 Å². The summed E-state index contributed by atoms with van der Waals surface area (Å²) in [5, 5.41) is 0. The zero-order valence-corrected chi connectivity index (χ0v) is 15.9. The van der Waals surface area contributed by atoms with E-state index in [1.54, 1.807) is 6.20 Å². The second-order valence-electron chi connectivity index (χ2n) is 8.60. The molecule has 26 heavy (non-hydrogen) atoms. The molecule has 0 bridgehead atoms. The molecule has 2 aliphatic heterocycles. The van der Waals surface area contributed by atoms with Crippen molar-refractivity contribution in [2.75, 3.05) is 26.2 Å². The van der Waals surface area contributed by atoms with Gasteiger partial charge in [-0.05, 0) is 33.6 Å². The smallest absolute Gasteiger partial charge is 0.410 e. The third-order valence-electron chi connectivity index (χ3n) is 5.16. The first kappa shape index (κ1) is 17.5. The van der Waals surface area contributed by atoms with Crippen molar-refractivity contribution < 1.29 is 14.3 Å². The van der Waals surface area contributed by atoms with Crippen molar-refractivity contribution in [3.05, 3.63) is 18.1 Å². The van der Waals surface area contributed by atoms with Gasteiger partial charge in [-0.3, -0.25) is 9.88 Å². The minimum atomic E-state index is -0.458. The molecule has 0 N–H and O–H groups in total. The summed E-state index contributed by atoms with van der Waals surface area (Å²) in [4.78, 5) is 25.4. The molecular formula is C19H28N4O3. The van der Waals surface area contributed by atoms with E-state index >= 15 is 0 Å². The van der Waals surface area contributed by atoms with Crippen molar-refractivity contribution >= 4 is 6.09 Å². The first-order valence-electron chi connectivity index (χ1n) is 9.58. The summed E-state index contributed by atoms with van der Waals surface area (Å²) in [5.74, 6) is 1.21. The summed E-state index contributed by atoms with van der Waals surface area (Å²) in [6.07, 6.45) is 6.82. The first-order valence-corrected chi connectivity index (χ1v) is 9.58. The average molecular weight is 360 g/mol. The molecule has 0 spiro atoms. The fraction of sp³-hybridized carbons (Fsp3) is 0.737. The number of piperazine rings is 1. The van der Waals surface area contributed by atoms with E-state index in [4.69, 9.17) is 9.47 Å². The van der Waals surface area contributed by atoms with Crippen molar-refractivity contribution in [1.82, 2.24) is 19.8 Å². The Labute approximate surface area is 154 Å². The summed E-state index contributed by atoms with van der Waals surface area (Å²) in [5.41, 5.74) is 0.620. The minimum absolute atomic E-state index is 0.0969. The zero-order chi connectivity index (χ0) is 18.3. The molecule has 3 heterocycles. The van der Waals surface area contributed by atoms with Gasteiger partial charge >= 0.3 is 6.09 Å². The number of hydrogen-bond donors (Lipinski definition) is 0. The second-order valence-corrected chi connectivity index (χ2v) is 8.60. The Hall–Kier alpha value is -1.89. The van der Waals surface area contributed by atoms with E-state index in [0.29, 0.717) is 30.9 Å². The van der Waals surface area contributed by atoms with E-state index in [0.717, 1.165) is 25.2 Å². The molecule has 0 aromatic carbocycles. The summed E-state index contributed by atoms with van der Waals surface area (Å²) in [7, 11) is 0. The van der Waals surface area contributed by atoms with E-state index in [1.165, 1.54) is 12.8 Å². The highest BCUT2D eigenvalue weighted by Gasteiger charge is 2.39. The SMILES string of the molecule is CC(C)(C)OC(=O)N1CCN2CC(Oc3cnc(C4CC4)cn3)CC2C1. The summed E-state index contributed by atoms with van der Waals surface area (Å²) >= 11 is 0. The molecule has 2 saturated heterocycles. The Bertz CT molecular complexity index is 654. The Kier molecular flexibility index (Phi) is 4.50. The van der Waals surface area contributed by atoms with Crippen LogP contribution in [0.1, 0.15) is 51.6 Å². The molecule has 0 radical (unpaired) electrons.